The highest BCUT2D eigenvalue weighted by Gasteiger charge is 2.39. The molecule has 0 aromatic carbocycles. The molecule has 106 valence electrons. The van der Waals surface area contributed by atoms with Crippen molar-refractivity contribution in [1.29, 1.82) is 0 Å². The van der Waals surface area contributed by atoms with Gasteiger partial charge < -0.3 is 10.2 Å². The maximum Gasteiger partial charge on any atom is 0.00964 e. The molecule has 4 rings (SSSR count). The molecule has 4 atom stereocenters. The van der Waals surface area contributed by atoms with Crippen molar-refractivity contribution in [3.8, 4) is 0 Å². The summed E-state index contributed by atoms with van der Waals surface area (Å²) in [6, 6.07) is 2.47. The highest BCUT2D eigenvalue weighted by molar-refractivity contribution is 5.11. The SMILES string of the molecule is CC(NC1CCN(C2CC2)CC1)C1CC2C=CC1C2. The molecule has 0 radical (unpaired) electrons. The van der Waals surface area contributed by atoms with Gasteiger partial charge >= 0.3 is 0 Å². The molecule has 4 unspecified atom stereocenters. The summed E-state index contributed by atoms with van der Waals surface area (Å²) in [5, 5.41) is 3.96. The summed E-state index contributed by atoms with van der Waals surface area (Å²) in [7, 11) is 0. The summed E-state index contributed by atoms with van der Waals surface area (Å²) >= 11 is 0. The quantitative estimate of drug-likeness (QED) is 0.782. The van der Waals surface area contributed by atoms with Crippen LogP contribution >= 0.6 is 0 Å². The summed E-state index contributed by atoms with van der Waals surface area (Å²) < 4.78 is 0. The fraction of sp³-hybridized carbons (Fsp3) is 0.882. The first kappa shape index (κ1) is 12.4. The van der Waals surface area contributed by atoms with E-state index in [1.807, 2.05) is 0 Å². The van der Waals surface area contributed by atoms with Gasteiger partial charge in [-0.15, -0.1) is 0 Å². The monoisotopic (exact) mass is 260 g/mol. The maximum absolute atomic E-state index is 3.96. The summed E-state index contributed by atoms with van der Waals surface area (Å²) in [4.78, 5) is 2.73. The predicted molar refractivity (Wildman–Crippen MR) is 79.1 cm³/mol. The molecule has 4 aliphatic rings. The molecule has 0 aromatic heterocycles. The molecule has 2 bridgehead atoms. The molecule has 3 aliphatic carbocycles. The van der Waals surface area contributed by atoms with Gasteiger partial charge in [0.15, 0.2) is 0 Å². The molecule has 2 saturated carbocycles. The van der Waals surface area contributed by atoms with Crippen molar-refractivity contribution in [2.45, 2.75) is 63.6 Å². The van der Waals surface area contributed by atoms with Gasteiger partial charge in [0.05, 0.1) is 0 Å². The van der Waals surface area contributed by atoms with E-state index in [1.54, 1.807) is 0 Å². The molecule has 19 heavy (non-hydrogen) atoms. The van der Waals surface area contributed by atoms with Gasteiger partial charge in [-0.25, -0.2) is 0 Å². The van der Waals surface area contributed by atoms with Gasteiger partial charge in [-0.1, -0.05) is 12.2 Å². The Labute approximate surface area is 117 Å². The van der Waals surface area contributed by atoms with Crippen LogP contribution in [0.1, 0.15) is 45.4 Å². The number of hydrogen-bond donors (Lipinski definition) is 1. The minimum absolute atomic E-state index is 0.720. The van der Waals surface area contributed by atoms with E-state index in [-0.39, 0.29) is 0 Å². The number of nitrogens with zero attached hydrogens (tertiary/aromatic N) is 1. The van der Waals surface area contributed by atoms with E-state index in [2.05, 4.69) is 29.3 Å². The van der Waals surface area contributed by atoms with E-state index in [4.69, 9.17) is 0 Å². The van der Waals surface area contributed by atoms with Crippen LogP contribution in [0.4, 0.5) is 0 Å². The normalized spacial score (nSPS) is 41.0. The van der Waals surface area contributed by atoms with Crippen LogP contribution in [0.2, 0.25) is 0 Å². The number of fused-ring (bicyclic) bond motifs is 2. The van der Waals surface area contributed by atoms with Gasteiger partial charge in [0.25, 0.3) is 0 Å². The molecule has 2 heteroatoms. The van der Waals surface area contributed by atoms with Gasteiger partial charge in [-0.2, -0.15) is 0 Å². The lowest BCUT2D eigenvalue weighted by Gasteiger charge is -2.36. The van der Waals surface area contributed by atoms with E-state index in [1.165, 1.54) is 51.6 Å². The Hall–Kier alpha value is -0.340. The first-order chi connectivity index (χ1) is 9.29. The number of hydrogen-bond acceptors (Lipinski definition) is 2. The summed E-state index contributed by atoms with van der Waals surface area (Å²) in [5.74, 6) is 2.71. The fourth-order valence-electron chi connectivity index (χ4n) is 4.76. The molecule has 3 fully saturated rings. The van der Waals surface area contributed by atoms with Crippen LogP contribution in [0, 0.1) is 17.8 Å². The van der Waals surface area contributed by atoms with Crippen molar-refractivity contribution < 1.29 is 0 Å². The summed E-state index contributed by atoms with van der Waals surface area (Å²) in [5.41, 5.74) is 0. The molecule has 0 aromatic rings. The third-order valence-electron chi connectivity index (χ3n) is 6.06. The van der Waals surface area contributed by atoms with E-state index in [9.17, 15) is 0 Å². The Morgan fingerprint density at radius 2 is 1.84 bits per heavy atom. The lowest BCUT2D eigenvalue weighted by Crippen LogP contribution is -2.48. The molecule has 2 nitrogen and oxygen atoms in total. The molecular weight excluding hydrogens is 232 g/mol. The Bertz CT molecular complexity index is 352. The average Bonchev–Trinajstić information content (AvgIpc) is 3.07. The zero-order chi connectivity index (χ0) is 12.8. The van der Waals surface area contributed by atoms with Crippen molar-refractivity contribution >= 4 is 0 Å². The first-order valence-corrected chi connectivity index (χ1v) is 8.48. The van der Waals surface area contributed by atoms with Gasteiger partial charge in [-0.3, -0.25) is 0 Å². The smallest absolute Gasteiger partial charge is 0.00964 e. The van der Waals surface area contributed by atoms with Crippen molar-refractivity contribution in [3.63, 3.8) is 0 Å². The molecule has 0 amide bonds. The van der Waals surface area contributed by atoms with Gasteiger partial charge in [-0.05, 0) is 76.3 Å². The molecule has 0 spiro atoms. The average molecular weight is 260 g/mol. The second-order valence-corrected chi connectivity index (χ2v) is 7.44. The van der Waals surface area contributed by atoms with E-state index in [0.717, 1.165) is 35.9 Å². The van der Waals surface area contributed by atoms with Crippen LogP contribution < -0.4 is 5.32 Å². The number of allylic oxidation sites excluding steroid dienone is 2. The van der Waals surface area contributed by atoms with Crippen molar-refractivity contribution in [2.75, 3.05) is 13.1 Å². The van der Waals surface area contributed by atoms with E-state index < -0.39 is 0 Å². The van der Waals surface area contributed by atoms with Crippen LogP contribution in [0.5, 0.6) is 0 Å². The van der Waals surface area contributed by atoms with Crippen LogP contribution in [0.15, 0.2) is 12.2 Å². The number of nitrogens with one attached hydrogen (secondary N) is 1. The Balaban J connectivity index is 1.26. The minimum Gasteiger partial charge on any atom is -0.311 e. The topological polar surface area (TPSA) is 15.3 Å². The van der Waals surface area contributed by atoms with Crippen LogP contribution in [0.3, 0.4) is 0 Å². The van der Waals surface area contributed by atoms with Crippen molar-refractivity contribution in [2.24, 2.45) is 17.8 Å². The lowest BCUT2D eigenvalue weighted by molar-refractivity contribution is 0.173. The van der Waals surface area contributed by atoms with Gasteiger partial charge in [0, 0.05) is 18.1 Å². The summed E-state index contributed by atoms with van der Waals surface area (Å²) in [6.45, 7) is 5.11. The van der Waals surface area contributed by atoms with Gasteiger partial charge in [0.1, 0.15) is 0 Å². The van der Waals surface area contributed by atoms with Crippen molar-refractivity contribution in [3.05, 3.63) is 12.2 Å². The third-order valence-corrected chi connectivity index (χ3v) is 6.06. The maximum atomic E-state index is 3.96. The lowest BCUT2D eigenvalue weighted by atomic mass is 9.86. The van der Waals surface area contributed by atoms with Crippen LogP contribution in [-0.4, -0.2) is 36.1 Å². The number of piperidine rings is 1. The molecule has 1 aliphatic heterocycles. The Morgan fingerprint density at radius 1 is 1.05 bits per heavy atom. The van der Waals surface area contributed by atoms with Gasteiger partial charge in [0.2, 0.25) is 0 Å². The third kappa shape index (κ3) is 2.50. The molecule has 1 N–H and O–H groups in total. The zero-order valence-electron chi connectivity index (χ0n) is 12.2. The van der Waals surface area contributed by atoms with E-state index in [0.29, 0.717) is 0 Å². The molecular formula is C17H28N2. The fourth-order valence-corrected chi connectivity index (χ4v) is 4.76. The Morgan fingerprint density at radius 3 is 2.42 bits per heavy atom. The highest BCUT2D eigenvalue weighted by atomic mass is 15.2. The Kier molecular flexibility index (Phi) is 3.19. The minimum atomic E-state index is 0.720. The standard InChI is InChI=1S/C17H28N2/c1-12(17-11-13-2-3-14(17)10-13)18-15-6-8-19(9-7-15)16-4-5-16/h2-3,12-18H,4-11H2,1H3. The predicted octanol–water partition coefficient (Wildman–Crippen LogP) is 2.80. The second kappa shape index (κ2) is 4.89. The van der Waals surface area contributed by atoms with Crippen LogP contribution in [0.25, 0.3) is 0 Å². The first-order valence-electron chi connectivity index (χ1n) is 8.48. The zero-order valence-corrected chi connectivity index (χ0v) is 12.2. The van der Waals surface area contributed by atoms with E-state index >= 15 is 0 Å². The number of rotatable bonds is 4. The largest absolute Gasteiger partial charge is 0.311 e. The second-order valence-electron chi connectivity index (χ2n) is 7.44. The molecule has 1 saturated heterocycles. The van der Waals surface area contributed by atoms with Crippen LogP contribution in [-0.2, 0) is 0 Å². The number of likely N-dealkylation sites (tertiary alicyclic amines) is 1. The van der Waals surface area contributed by atoms with Crippen molar-refractivity contribution in [1.82, 2.24) is 10.2 Å². The molecule has 1 heterocycles. The summed E-state index contributed by atoms with van der Waals surface area (Å²) in [6.07, 6.45) is 13.5. The highest BCUT2D eigenvalue weighted by Crippen LogP contribution is 2.45.